The molecule has 0 fully saturated rings. The Hall–Kier alpha value is -2.61. The fourth-order valence-corrected chi connectivity index (χ4v) is 5.15. The van der Waals surface area contributed by atoms with Crippen molar-refractivity contribution in [2.45, 2.75) is 30.2 Å². The number of rotatable bonds is 4. The Bertz CT molecular complexity index is 961. The zero-order valence-electron chi connectivity index (χ0n) is 14.3. The first-order valence-corrected chi connectivity index (χ1v) is 9.48. The average Bonchev–Trinajstić information content (AvgIpc) is 2.60. The molecule has 0 bridgehead atoms. The summed E-state index contributed by atoms with van der Waals surface area (Å²) < 4.78 is 47.2. The smallest absolute Gasteiger partial charge is 0.267 e. The van der Waals surface area contributed by atoms with Crippen LogP contribution in [0.2, 0.25) is 0 Å². The first-order valence-electron chi connectivity index (χ1n) is 8.04. The van der Waals surface area contributed by atoms with Crippen molar-refractivity contribution in [2.24, 2.45) is 5.73 Å². The van der Waals surface area contributed by atoms with Crippen molar-refractivity contribution in [3.63, 3.8) is 0 Å². The van der Waals surface area contributed by atoms with Gasteiger partial charge in [0.05, 0.1) is 18.7 Å². The summed E-state index contributed by atoms with van der Waals surface area (Å²) in [6.07, 6.45) is 0.219. The van der Waals surface area contributed by atoms with Gasteiger partial charge in [0, 0.05) is 6.04 Å². The van der Waals surface area contributed by atoms with E-state index in [-0.39, 0.29) is 12.2 Å². The molecule has 1 aliphatic heterocycles. The van der Waals surface area contributed by atoms with E-state index >= 15 is 0 Å². The van der Waals surface area contributed by atoms with Gasteiger partial charge in [0.25, 0.3) is 10.0 Å². The molecule has 0 aliphatic carbocycles. The van der Waals surface area contributed by atoms with E-state index in [0.717, 1.165) is 4.31 Å². The Kier molecular flexibility index (Phi) is 4.62. The number of para-hydroxylation sites is 1. The Morgan fingerprint density at radius 2 is 1.92 bits per heavy atom. The largest absolute Gasteiger partial charge is 0.494 e. The number of hydrogen-bond donors (Lipinski definition) is 1. The van der Waals surface area contributed by atoms with Gasteiger partial charge in [0.1, 0.15) is 4.90 Å². The number of benzene rings is 2. The Morgan fingerprint density at radius 1 is 1.23 bits per heavy atom. The molecule has 8 heteroatoms. The quantitative estimate of drug-likeness (QED) is 0.885. The molecule has 2 N–H and O–H groups in total. The molecule has 3 rings (SSSR count). The molecule has 138 valence electrons. The topological polar surface area (TPSA) is 89.7 Å². The van der Waals surface area contributed by atoms with Crippen LogP contribution >= 0.6 is 0 Å². The number of sulfonamides is 1. The van der Waals surface area contributed by atoms with Gasteiger partial charge in [-0.1, -0.05) is 24.3 Å². The summed E-state index contributed by atoms with van der Waals surface area (Å²) >= 11 is 0. The van der Waals surface area contributed by atoms with Crippen molar-refractivity contribution in [1.29, 1.82) is 0 Å². The van der Waals surface area contributed by atoms with E-state index in [9.17, 15) is 17.6 Å². The number of carbonyl (C=O) groups excluding carboxylic acids is 1. The maximum Gasteiger partial charge on any atom is 0.267 e. The van der Waals surface area contributed by atoms with Gasteiger partial charge in [-0.15, -0.1) is 0 Å². The molecule has 0 saturated heterocycles. The van der Waals surface area contributed by atoms with Crippen molar-refractivity contribution in [1.82, 2.24) is 0 Å². The second kappa shape index (κ2) is 6.60. The van der Waals surface area contributed by atoms with E-state index in [4.69, 9.17) is 10.5 Å². The number of carbonyl (C=O) groups is 1. The average molecular weight is 378 g/mol. The van der Waals surface area contributed by atoms with Crippen molar-refractivity contribution in [3.05, 3.63) is 53.8 Å². The molecule has 2 unspecified atom stereocenters. The number of nitrogens with zero attached hydrogens (tertiary/aromatic N) is 1. The molecule has 0 saturated carbocycles. The number of anilines is 1. The van der Waals surface area contributed by atoms with Gasteiger partial charge >= 0.3 is 0 Å². The summed E-state index contributed by atoms with van der Waals surface area (Å²) in [7, 11) is -2.94. The first kappa shape index (κ1) is 18.2. The van der Waals surface area contributed by atoms with Gasteiger partial charge in [-0.05, 0) is 37.1 Å². The second-order valence-corrected chi connectivity index (χ2v) is 7.96. The monoisotopic (exact) mass is 378 g/mol. The van der Waals surface area contributed by atoms with Gasteiger partial charge in [-0.2, -0.15) is 0 Å². The van der Waals surface area contributed by atoms with Crippen LogP contribution < -0.4 is 14.8 Å². The predicted molar refractivity (Wildman–Crippen MR) is 95.1 cm³/mol. The van der Waals surface area contributed by atoms with E-state index < -0.39 is 38.6 Å². The third-order valence-electron chi connectivity index (χ3n) is 4.55. The second-order valence-electron chi connectivity index (χ2n) is 6.17. The lowest BCUT2D eigenvalue weighted by Crippen LogP contribution is -2.45. The van der Waals surface area contributed by atoms with E-state index in [1.165, 1.54) is 25.3 Å². The lowest BCUT2D eigenvalue weighted by molar-refractivity contribution is -0.119. The highest BCUT2D eigenvalue weighted by Gasteiger charge is 2.40. The van der Waals surface area contributed by atoms with Gasteiger partial charge in [0.15, 0.2) is 11.6 Å². The van der Waals surface area contributed by atoms with Crippen LogP contribution in [0.1, 0.15) is 24.8 Å². The van der Waals surface area contributed by atoms with Crippen LogP contribution in [0.4, 0.5) is 10.1 Å². The molecule has 6 nitrogen and oxygen atoms in total. The van der Waals surface area contributed by atoms with Crippen molar-refractivity contribution < 1.29 is 22.3 Å². The molecule has 2 atom stereocenters. The normalized spacial score (nSPS) is 19.7. The molecule has 0 spiro atoms. The van der Waals surface area contributed by atoms with Crippen LogP contribution in [0.25, 0.3) is 0 Å². The van der Waals surface area contributed by atoms with Crippen molar-refractivity contribution in [2.75, 3.05) is 11.4 Å². The number of ether oxygens (including phenoxy) is 1. The number of fused-ring (bicyclic) bond motifs is 1. The molecule has 26 heavy (non-hydrogen) atoms. The lowest BCUT2D eigenvalue weighted by atomic mass is 9.87. The van der Waals surface area contributed by atoms with E-state index in [1.807, 2.05) is 0 Å². The summed E-state index contributed by atoms with van der Waals surface area (Å²) in [5.41, 5.74) is 6.34. The van der Waals surface area contributed by atoms with Crippen LogP contribution in [-0.4, -0.2) is 27.5 Å². The zero-order chi connectivity index (χ0) is 19.1. The first-order chi connectivity index (χ1) is 12.3. The van der Waals surface area contributed by atoms with Crippen LogP contribution in [0.5, 0.6) is 5.75 Å². The minimum absolute atomic E-state index is 0.154. The highest BCUT2D eigenvalue weighted by Crippen LogP contribution is 2.41. The third-order valence-corrected chi connectivity index (χ3v) is 6.50. The van der Waals surface area contributed by atoms with E-state index in [0.29, 0.717) is 11.3 Å². The van der Waals surface area contributed by atoms with Crippen LogP contribution in [0.3, 0.4) is 0 Å². The molecule has 0 aromatic heterocycles. The fourth-order valence-electron chi connectivity index (χ4n) is 3.37. The minimum Gasteiger partial charge on any atom is -0.494 e. The molecule has 2 aromatic carbocycles. The summed E-state index contributed by atoms with van der Waals surface area (Å²) in [4.78, 5) is 11.3. The molecule has 1 heterocycles. The standard InChI is InChI=1S/C18H19FN2O4S/c1-11-10-13(18(20)22)12-6-3-4-7-14(12)21(11)26(23,24)16-9-5-8-15(25-2)17(16)19/h3-9,11,13H,10H2,1-2H3,(H2,20,22). The third kappa shape index (κ3) is 2.80. The Labute approximate surface area is 151 Å². The zero-order valence-corrected chi connectivity index (χ0v) is 15.2. The van der Waals surface area contributed by atoms with Crippen LogP contribution in [-0.2, 0) is 14.8 Å². The molecule has 2 aromatic rings. The van der Waals surface area contributed by atoms with Crippen LogP contribution in [0, 0.1) is 5.82 Å². The van der Waals surface area contributed by atoms with Gasteiger partial charge in [-0.25, -0.2) is 12.8 Å². The lowest BCUT2D eigenvalue weighted by Gasteiger charge is -2.38. The molecule has 0 radical (unpaired) electrons. The predicted octanol–water partition coefficient (Wildman–Crippen LogP) is 2.39. The highest BCUT2D eigenvalue weighted by atomic mass is 32.2. The molecule has 1 aliphatic rings. The van der Waals surface area contributed by atoms with E-state index in [1.54, 1.807) is 31.2 Å². The highest BCUT2D eigenvalue weighted by molar-refractivity contribution is 7.92. The number of hydrogen-bond acceptors (Lipinski definition) is 4. The van der Waals surface area contributed by atoms with Crippen LogP contribution in [0.15, 0.2) is 47.4 Å². The van der Waals surface area contributed by atoms with Crippen molar-refractivity contribution >= 4 is 21.6 Å². The fraction of sp³-hybridized carbons (Fsp3) is 0.278. The van der Waals surface area contributed by atoms with Gasteiger partial charge in [0.2, 0.25) is 5.91 Å². The molecular formula is C18H19FN2O4S. The Balaban J connectivity index is 2.19. The minimum atomic E-state index is -4.21. The summed E-state index contributed by atoms with van der Waals surface area (Å²) in [6.45, 7) is 1.67. The van der Waals surface area contributed by atoms with Crippen molar-refractivity contribution in [3.8, 4) is 5.75 Å². The maximum atomic E-state index is 14.6. The maximum absolute atomic E-state index is 14.6. The van der Waals surface area contributed by atoms with Gasteiger partial charge < -0.3 is 10.5 Å². The Morgan fingerprint density at radius 3 is 2.58 bits per heavy atom. The summed E-state index contributed by atoms with van der Waals surface area (Å²) in [6, 6.07) is 10.0. The SMILES string of the molecule is COc1cccc(S(=O)(=O)N2c3ccccc3C(C(N)=O)CC2C)c1F. The molecular weight excluding hydrogens is 359 g/mol. The number of methoxy groups -OCH3 is 1. The molecule has 1 amide bonds. The van der Waals surface area contributed by atoms with E-state index in [2.05, 4.69) is 0 Å². The number of primary amides is 1. The number of halogens is 1. The number of amides is 1. The summed E-state index contributed by atoms with van der Waals surface area (Å²) in [5, 5.41) is 0. The summed E-state index contributed by atoms with van der Waals surface area (Å²) in [5.74, 6) is -2.22. The van der Waals surface area contributed by atoms with Gasteiger partial charge in [-0.3, -0.25) is 9.10 Å². The number of nitrogens with two attached hydrogens (primary N) is 1.